The van der Waals surface area contributed by atoms with Crippen LogP contribution in [-0.2, 0) is 23.2 Å². The first-order chi connectivity index (χ1) is 10.9. The van der Waals surface area contributed by atoms with E-state index < -0.39 is 0 Å². The molecule has 4 nitrogen and oxygen atoms in total. The van der Waals surface area contributed by atoms with Gasteiger partial charge in [-0.05, 0) is 42.4 Å². The van der Waals surface area contributed by atoms with Crippen LogP contribution >= 0.6 is 23.8 Å². The van der Waals surface area contributed by atoms with Crippen molar-refractivity contribution in [2.45, 2.75) is 30.7 Å². The Morgan fingerprint density at radius 2 is 2.35 bits per heavy atom. The number of amides is 1. The number of hydrogen-bond acceptors (Lipinski definition) is 2. The van der Waals surface area contributed by atoms with Gasteiger partial charge in [-0.25, -0.2) is 4.39 Å². The largest absolute Gasteiger partial charge is 0.359 e. The number of carbonyl (C=O) groups excluding carboxylic acids is 1. The number of halogens is 2. The molecule has 2 atom stereocenters. The highest BCUT2D eigenvalue weighted by atomic mass is 35.5. The molecular weight excluding hydrogens is 337 g/mol. The monoisotopic (exact) mass is 351 g/mol. The Labute approximate surface area is 142 Å². The van der Waals surface area contributed by atoms with Gasteiger partial charge < -0.3 is 14.9 Å². The van der Waals surface area contributed by atoms with Crippen LogP contribution in [0.3, 0.4) is 0 Å². The maximum atomic E-state index is 13.7. The first kappa shape index (κ1) is 14.9. The minimum Gasteiger partial charge on any atom is -0.359 e. The van der Waals surface area contributed by atoms with Crippen molar-refractivity contribution in [3.05, 3.63) is 50.8 Å². The Balaban J connectivity index is 1.74. The van der Waals surface area contributed by atoms with Crippen molar-refractivity contribution < 1.29 is 9.18 Å². The zero-order valence-electron chi connectivity index (χ0n) is 12.5. The Morgan fingerprint density at radius 3 is 3.04 bits per heavy atom. The smallest absolute Gasteiger partial charge is 0.225 e. The van der Waals surface area contributed by atoms with E-state index in [9.17, 15) is 9.18 Å². The van der Waals surface area contributed by atoms with Gasteiger partial charge >= 0.3 is 0 Å². The van der Waals surface area contributed by atoms with Crippen LogP contribution in [-0.4, -0.2) is 22.5 Å². The van der Waals surface area contributed by atoms with Crippen molar-refractivity contribution in [2.75, 3.05) is 7.05 Å². The molecule has 0 unspecified atom stereocenters. The Kier molecular flexibility index (Phi) is 3.19. The van der Waals surface area contributed by atoms with Crippen LogP contribution in [0.15, 0.2) is 18.2 Å². The molecule has 0 saturated heterocycles. The van der Waals surface area contributed by atoms with Crippen LogP contribution in [0.2, 0.25) is 5.02 Å². The zero-order chi connectivity index (χ0) is 16.4. The van der Waals surface area contributed by atoms with Crippen LogP contribution in [0.25, 0.3) is 0 Å². The summed E-state index contributed by atoms with van der Waals surface area (Å²) < 4.78 is 16.4. The van der Waals surface area contributed by atoms with E-state index in [1.54, 1.807) is 13.1 Å². The molecule has 1 amide bonds. The van der Waals surface area contributed by atoms with Gasteiger partial charge in [-0.1, -0.05) is 11.6 Å². The summed E-state index contributed by atoms with van der Waals surface area (Å²) in [5.41, 5.74) is 2.72. The minimum absolute atomic E-state index is 0.0587. The number of aromatic amines is 1. The highest BCUT2D eigenvalue weighted by Gasteiger charge is 2.62. The van der Waals surface area contributed by atoms with Crippen LogP contribution in [0.1, 0.15) is 29.3 Å². The summed E-state index contributed by atoms with van der Waals surface area (Å²) in [4.78, 5) is 14.9. The van der Waals surface area contributed by atoms with Crippen LogP contribution in [0.5, 0.6) is 0 Å². The molecular formula is C16H15ClFN3OS. The second-order valence-corrected chi connectivity index (χ2v) is 7.12. The number of H-pyrrole nitrogens is 1. The van der Waals surface area contributed by atoms with Gasteiger partial charge in [0.1, 0.15) is 5.82 Å². The number of imidazole rings is 1. The average molecular weight is 352 g/mol. The predicted octanol–water partition coefficient (Wildman–Crippen LogP) is 3.07. The third-order valence-electron chi connectivity index (χ3n) is 5.00. The van der Waals surface area contributed by atoms with Crippen molar-refractivity contribution in [1.29, 1.82) is 0 Å². The summed E-state index contributed by atoms with van der Waals surface area (Å²) in [7, 11) is 1.61. The number of benzene rings is 1. The molecule has 0 spiro atoms. The number of nitrogens with one attached hydrogen (secondary N) is 2. The molecule has 2 N–H and O–H groups in total. The van der Waals surface area contributed by atoms with Gasteiger partial charge in [0.05, 0.1) is 6.42 Å². The number of hydrogen-bond donors (Lipinski definition) is 2. The van der Waals surface area contributed by atoms with E-state index in [1.807, 2.05) is 10.6 Å². The first-order valence-electron chi connectivity index (χ1n) is 7.43. The molecule has 0 radical (unpaired) electrons. The summed E-state index contributed by atoms with van der Waals surface area (Å²) in [5, 5.41) is 3.04. The Morgan fingerprint density at radius 1 is 1.57 bits per heavy atom. The fraction of sp³-hybridized carbons (Fsp3) is 0.375. The van der Waals surface area contributed by atoms with Crippen molar-refractivity contribution >= 4 is 29.7 Å². The van der Waals surface area contributed by atoms with Gasteiger partial charge in [0.25, 0.3) is 0 Å². The second-order valence-electron chi connectivity index (χ2n) is 6.30. The Bertz CT molecular complexity index is 870. The van der Waals surface area contributed by atoms with Crippen LogP contribution in [0, 0.1) is 10.6 Å². The first-order valence-corrected chi connectivity index (χ1v) is 8.22. The second kappa shape index (κ2) is 4.92. The molecule has 1 aliphatic heterocycles. The number of aromatic nitrogens is 2. The molecule has 2 heterocycles. The molecule has 2 aromatic rings. The van der Waals surface area contributed by atoms with Gasteiger partial charge in [0, 0.05) is 41.3 Å². The van der Waals surface area contributed by atoms with Crippen molar-refractivity contribution in [2.24, 2.45) is 0 Å². The van der Waals surface area contributed by atoms with Gasteiger partial charge in [0.15, 0.2) is 4.77 Å². The lowest BCUT2D eigenvalue weighted by Crippen LogP contribution is -2.20. The van der Waals surface area contributed by atoms with Gasteiger partial charge in [-0.15, -0.1) is 0 Å². The summed E-state index contributed by atoms with van der Waals surface area (Å²) in [6.45, 7) is 0.704. The van der Waals surface area contributed by atoms with Gasteiger partial charge in [-0.3, -0.25) is 4.79 Å². The molecule has 4 rings (SSSR count). The van der Waals surface area contributed by atoms with E-state index in [0.717, 1.165) is 23.4 Å². The van der Waals surface area contributed by atoms with Gasteiger partial charge in [0.2, 0.25) is 5.91 Å². The maximum Gasteiger partial charge on any atom is 0.225 e. The molecule has 7 heteroatoms. The van der Waals surface area contributed by atoms with E-state index >= 15 is 0 Å². The molecule has 23 heavy (non-hydrogen) atoms. The maximum absolute atomic E-state index is 13.7. The SMILES string of the molecule is CNC(=O)Cc1[nH]c(=S)n2c1[C@@H]1C[C@]1(c1cc(F)cc(Cl)c1)C2. The predicted molar refractivity (Wildman–Crippen MR) is 87.8 cm³/mol. The van der Waals surface area contributed by atoms with E-state index in [0.29, 0.717) is 16.3 Å². The van der Waals surface area contributed by atoms with E-state index in [1.165, 1.54) is 6.07 Å². The highest BCUT2D eigenvalue weighted by Crippen LogP contribution is 2.66. The lowest BCUT2D eigenvalue weighted by molar-refractivity contribution is -0.120. The fourth-order valence-electron chi connectivity index (χ4n) is 3.84. The summed E-state index contributed by atoms with van der Waals surface area (Å²) in [5.74, 6) is -0.121. The number of rotatable bonds is 3. The molecule has 1 aromatic heterocycles. The molecule has 1 aromatic carbocycles. The third-order valence-corrected chi connectivity index (χ3v) is 5.54. The molecule has 120 valence electrons. The summed E-state index contributed by atoms with van der Waals surface area (Å²) >= 11 is 11.4. The zero-order valence-corrected chi connectivity index (χ0v) is 14.0. The summed E-state index contributed by atoms with van der Waals surface area (Å²) in [6, 6.07) is 4.71. The van der Waals surface area contributed by atoms with E-state index in [2.05, 4.69) is 10.3 Å². The third kappa shape index (κ3) is 2.16. The average Bonchev–Trinajstić information content (AvgIpc) is 2.99. The normalized spacial score (nSPS) is 24.2. The quantitative estimate of drug-likeness (QED) is 0.835. The Hall–Kier alpha value is -1.66. The van der Waals surface area contributed by atoms with Gasteiger partial charge in [-0.2, -0.15) is 0 Å². The van der Waals surface area contributed by atoms with E-state index in [-0.39, 0.29) is 29.5 Å². The minimum atomic E-state index is -0.320. The molecule has 2 aliphatic rings. The van der Waals surface area contributed by atoms with Crippen molar-refractivity contribution in [3.8, 4) is 0 Å². The molecule has 0 bridgehead atoms. The molecule has 1 aliphatic carbocycles. The lowest BCUT2D eigenvalue weighted by atomic mass is 9.94. The standard InChI is InChI=1S/C16H15ClFN3OS/c1-19-13(22)5-12-14-11-6-16(11,7-21(14)15(23)20-12)8-2-9(17)4-10(18)3-8/h2-4,11H,5-7H2,1H3,(H,19,22)(H,20,23)/t11-,16+/m0/s1. The van der Waals surface area contributed by atoms with E-state index in [4.69, 9.17) is 23.8 Å². The van der Waals surface area contributed by atoms with Crippen molar-refractivity contribution in [3.63, 3.8) is 0 Å². The highest BCUT2D eigenvalue weighted by molar-refractivity contribution is 7.71. The molecule has 1 saturated carbocycles. The van der Waals surface area contributed by atoms with Crippen LogP contribution in [0.4, 0.5) is 4.39 Å². The van der Waals surface area contributed by atoms with Crippen molar-refractivity contribution in [1.82, 2.24) is 14.9 Å². The topological polar surface area (TPSA) is 49.8 Å². The fourth-order valence-corrected chi connectivity index (χ4v) is 4.35. The number of carbonyl (C=O) groups is 1. The number of fused-ring (bicyclic) bond motifs is 3. The van der Waals surface area contributed by atoms with Crippen LogP contribution < -0.4 is 5.32 Å². The molecule has 1 fully saturated rings. The lowest BCUT2D eigenvalue weighted by Gasteiger charge is -2.13. The number of nitrogens with zero attached hydrogens (tertiary/aromatic N) is 1. The summed E-state index contributed by atoms with van der Waals surface area (Å²) in [6.07, 6.45) is 1.21. The number of likely N-dealkylation sites (N-methyl/N-ethyl adjacent to an activating group) is 1.